The molecule has 5 aromatic carbocycles. The summed E-state index contributed by atoms with van der Waals surface area (Å²) in [6.07, 6.45) is -0.0539. The number of aromatic nitrogens is 4. The van der Waals surface area contributed by atoms with Crippen LogP contribution in [-0.2, 0) is 0 Å². The summed E-state index contributed by atoms with van der Waals surface area (Å²) in [5.41, 5.74) is 4.37. The van der Waals surface area contributed by atoms with Gasteiger partial charge in [0.25, 0.3) is 0 Å². The van der Waals surface area contributed by atoms with Gasteiger partial charge in [0.2, 0.25) is 11.8 Å². The summed E-state index contributed by atoms with van der Waals surface area (Å²) in [5, 5.41) is 24.8. The quantitative estimate of drug-likeness (QED) is 0.154. The average Bonchev–Trinajstić information content (AvgIpc) is 3.47. The molecule has 0 bridgehead atoms. The highest BCUT2D eigenvalue weighted by Crippen LogP contribution is 2.36. The first-order valence-corrected chi connectivity index (χ1v) is 17.2. The highest BCUT2D eigenvalue weighted by atomic mass is 35.5. The summed E-state index contributed by atoms with van der Waals surface area (Å²) >= 11 is 5.92. The van der Waals surface area contributed by atoms with E-state index in [0.29, 0.717) is 40.2 Å². The van der Waals surface area contributed by atoms with Gasteiger partial charge < -0.3 is 24.1 Å². The van der Waals surface area contributed by atoms with Crippen molar-refractivity contribution in [3.05, 3.63) is 120 Å². The molecular weight excluding hydrogens is 700 g/mol. The Labute approximate surface area is 319 Å². The monoisotopic (exact) mass is 742 g/mol. The molecule has 3 aromatic heterocycles. The van der Waals surface area contributed by atoms with Crippen LogP contribution in [-0.4, -0.2) is 42.4 Å². The van der Waals surface area contributed by atoms with Gasteiger partial charge in [-0.3, -0.25) is 0 Å². The lowest BCUT2D eigenvalue weighted by molar-refractivity contribution is 0.232. The number of halogens is 1. The molecule has 276 valence electrons. The smallest absolute Gasteiger partial charge is 0.218 e. The highest BCUT2D eigenvalue weighted by Gasteiger charge is 2.16. The number of hydrogen-bond acceptors (Lipinski definition) is 9. The van der Waals surface area contributed by atoms with E-state index in [4.69, 9.17) is 30.5 Å². The van der Waals surface area contributed by atoms with E-state index in [9.17, 15) is 10.2 Å². The van der Waals surface area contributed by atoms with Crippen molar-refractivity contribution in [1.29, 1.82) is 0 Å². The zero-order valence-electron chi connectivity index (χ0n) is 28.9. The van der Waals surface area contributed by atoms with E-state index >= 15 is 0 Å². The minimum absolute atomic E-state index is 0. The topological polar surface area (TPSA) is 124 Å². The molecule has 8 rings (SSSR count). The second-order valence-corrected chi connectivity index (χ2v) is 13.0. The molecule has 0 unspecified atom stereocenters. The van der Waals surface area contributed by atoms with E-state index in [2.05, 4.69) is 45.3 Å². The van der Waals surface area contributed by atoms with E-state index in [1.807, 2.05) is 64.1 Å². The SMILES string of the molecule is C.C.CC(C)Oc1cc(-c2ccc3oc4cc5ccccc5cc4c3c2)nc(-c2ccccc2O)n1.CC(C)Oc1cc(Cl)nc(-c2ccccc2O)n1. The van der Waals surface area contributed by atoms with Crippen LogP contribution in [0.15, 0.2) is 120 Å². The number of phenols is 2. The molecule has 3 heterocycles. The van der Waals surface area contributed by atoms with Crippen LogP contribution in [0.25, 0.3) is 66.7 Å². The van der Waals surface area contributed by atoms with Crippen molar-refractivity contribution in [1.82, 2.24) is 19.9 Å². The van der Waals surface area contributed by atoms with Crippen molar-refractivity contribution in [3.8, 4) is 57.3 Å². The predicted octanol–water partition coefficient (Wildman–Crippen LogP) is 11.9. The third-order valence-electron chi connectivity index (χ3n) is 8.01. The first-order chi connectivity index (χ1) is 25.1. The van der Waals surface area contributed by atoms with Crippen LogP contribution in [0.5, 0.6) is 23.3 Å². The van der Waals surface area contributed by atoms with Crippen LogP contribution in [0.2, 0.25) is 5.15 Å². The third kappa shape index (κ3) is 8.54. The summed E-state index contributed by atoms with van der Waals surface area (Å²) in [5.74, 6) is 1.84. The van der Waals surface area contributed by atoms with Crippen LogP contribution < -0.4 is 9.47 Å². The largest absolute Gasteiger partial charge is 0.507 e. The summed E-state index contributed by atoms with van der Waals surface area (Å²) < 4.78 is 17.5. The Morgan fingerprint density at radius 3 is 1.67 bits per heavy atom. The standard InChI is InChI=1S/C29H22N2O3.C13H13ClN2O2.2CH4/c1-17(2)33-28-16-24(30-29(31-28)21-9-5-6-10-25(21)32)20-11-12-26-22(14-20)23-13-18-7-3-4-8-19(18)15-27(23)34-26;1-8(2)18-12-7-11(14)15-13(16-12)9-5-3-4-6-10(9)17;;/h3-17,32H,1-2H3;3-8,17H,1-2H3;2*1H4. The molecule has 0 radical (unpaired) electrons. The van der Waals surface area contributed by atoms with Crippen LogP contribution in [0, 0.1) is 0 Å². The second kappa shape index (κ2) is 16.7. The highest BCUT2D eigenvalue weighted by molar-refractivity contribution is 6.29. The number of ether oxygens (including phenoxy) is 2. The summed E-state index contributed by atoms with van der Waals surface area (Å²) in [6.45, 7) is 7.70. The van der Waals surface area contributed by atoms with Crippen LogP contribution in [0.3, 0.4) is 0 Å². The Balaban J connectivity index is 0.000000240. The van der Waals surface area contributed by atoms with E-state index in [0.717, 1.165) is 32.9 Å². The van der Waals surface area contributed by atoms with Gasteiger partial charge in [0.15, 0.2) is 11.6 Å². The molecule has 0 amide bonds. The van der Waals surface area contributed by atoms with E-state index in [1.165, 1.54) is 5.39 Å². The van der Waals surface area contributed by atoms with Gasteiger partial charge in [-0.1, -0.05) is 75.0 Å². The molecule has 0 aliphatic heterocycles. The van der Waals surface area contributed by atoms with Gasteiger partial charge in [-0.05, 0) is 93.1 Å². The van der Waals surface area contributed by atoms with Gasteiger partial charge in [0.05, 0.1) is 29.0 Å². The lowest BCUT2D eigenvalue weighted by Gasteiger charge is -2.12. The fourth-order valence-corrected chi connectivity index (χ4v) is 5.93. The maximum atomic E-state index is 10.4. The minimum Gasteiger partial charge on any atom is -0.507 e. The molecule has 0 aliphatic carbocycles. The second-order valence-electron chi connectivity index (χ2n) is 12.6. The normalized spacial score (nSPS) is 10.9. The van der Waals surface area contributed by atoms with Crippen molar-refractivity contribution in [3.63, 3.8) is 0 Å². The molecule has 10 heteroatoms. The predicted molar refractivity (Wildman–Crippen MR) is 218 cm³/mol. The van der Waals surface area contributed by atoms with Gasteiger partial charge in [-0.15, -0.1) is 0 Å². The Bertz CT molecular complexity index is 2550. The van der Waals surface area contributed by atoms with Crippen molar-refractivity contribution in [2.45, 2.75) is 54.8 Å². The third-order valence-corrected chi connectivity index (χ3v) is 8.20. The zero-order valence-corrected chi connectivity index (χ0v) is 29.7. The fraction of sp³-hybridized carbons (Fsp3) is 0.182. The van der Waals surface area contributed by atoms with Gasteiger partial charge in [-0.2, -0.15) is 9.97 Å². The Morgan fingerprint density at radius 2 is 1.07 bits per heavy atom. The summed E-state index contributed by atoms with van der Waals surface area (Å²) in [4.78, 5) is 17.6. The summed E-state index contributed by atoms with van der Waals surface area (Å²) in [7, 11) is 0. The molecule has 0 aliphatic rings. The van der Waals surface area contributed by atoms with E-state index < -0.39 is 0 Å². The van der Waals surface area contributed by atoms with Crippen LogP contribution in [0.4, 0.5) is 0 Å². The maximum absolute atomic E-state index is 10.4. The Hall–Kier alpha value is -6.19. The number of hydrogen-bond donors (Lipinski definition) is 2. The maximum Gasteiger partial charge on any atom is 0.218 e. The fourth-order valence-electron chi connectivity index (χ4n) is 5.76. The van der Waals surface area contributed by atoms with Crippen molar-refractivity contribution >= 4 is 44.3 Å². The van der Waals surface area contributed by atoms with Gasteiger partial charge in [-0.25, -0.2) is 9.97 Å². The first-order valence-electron chi connectivity index (χ1n) is 16.8. The van der Waals surface area contributed by atoms with Crippen LogP contribution in [0.1, 0.15) is 42.5 Å². The number of phenolic OH excluding ortho intramolecular Hbond substituents is 2. The van der Waals surface area contributed by atoms with Crippen molar-refractivity contribution < 1.29 is 24.1 Å². The average molecular weight is 743 g/mol. The molecule has 54 heavy (non-hydrogen) atoms. The van der Waals surface area contributed by atoms with Gasteiger partial charge >= 0.3 is 0 Å². The number of benzene rings is 5. The number of fused-ring (bicyclic) bond motifs is 4. The molecule has 0 atom stereocenters. The Morgan fingerprint density at radius 1 is 0.556 bits per heavy atom. The molecule has 8 aromatic rings. The molecule has 2 N–H and O–H groups in total. The zero-order chi connectivity index (χ0) is 36.4. The lowest BCUT2D eigenvalue weighted by Crippen LogP contribution is -2.08. The molecule has 0 saturated heterocycles. The van der Waals surface area contributed by atoms with Crippen LogP contribution >= 0.6 is 11.6 Å². The Kier molecular flexibility index (Phi) is 12.0. The minimum atomic E-state index is -0.0476. The number of nitrogens with zero attached hydrogens (tertiary/aromatic N) is 4. The van der Waals surface area contributed by atoms with Crippen molar-refractivity contribution in [2.24, 2.45) is 0 Å². The summed E-state index contributed by atoms with van der Waals surface area (Å²) in [6, 6.07) is 35.8. The first kappa shape index (κ1) is 39.0. The van der Waals surface area contributed by atoms with E-state index in [-0.39, 0.29) is 43.7 Å². The number of para-hydroxylation sites is 2. The lowest BCUT2D eigenvalue weighted by atomic mass is 10.0. The molecular formula is C44H43ClN4O5. The number of furan rings is 1. The van der Waals surface area contributed by atoms with Gasteiger partial charge in [0.1, 0.15) is 27.8 Å². The van der Waals surface area contributed by atoms with Gasteiger partial charge in [0, 0.05) is 28.5 Å². The molecule has 0 saturated carbocycles. The molecule has 9 nitrogen and oxygen atoms in total. The molecule has 0 fully saturated rings. The number of rotatable bonds is 7. The molecule has 0 spiro atoms. The number of aromatic hydroxyl groups is 2. The van der Waals surface area contributed by atoms with E-state index in [1.54, 1.807) is 48.5 Å². The van der Waals surface area contributed by atoms with Crippen molar-refractivity contribution in [2.75, 3.05) is 0 Å².